The second-order valence-electron chi connectivity index (χ2n) is 4.32. The van der Waals surface area contributed by atoms with Crippen LogP contribution in [-0.2, 0) is 14.3 Å². The minimum Gasteiger partial charge on any atom is -0.465 e. The summed E-state index contributed by atoms with van der Waals surface area (Å²) in [6.07, 6.45) is 2.07. The van der Waals surface area contributed by atoms with Crippen molar-refractivity contribution >= 4 is 11.8 Å². The Morgan fingerprint density at radius 2 is 2.29 bits per heavy atom. The molecular formula is C11H18O3. The van der Waals surface area contributed by atoms with Gasteiger partial charge in [-0.2, -0.15) is 0 Å². The lowest BCUT2D eigenvalue weighted by Crippen LogP contribution is -2.42. The van der Waals surface area contributed by atoms with Gasteiger partial charge in [0.1, 0.15) is 11.2 Å². The van der Waals surface area contributed by atoms with E-state index in [0.29, 0.717) is 25.4 Å². The first-order valence-electron chi connectivity index (χ1n) is 5.21. The predicted molar refractivity (Wildman–Crippen MR) is 52.8 cm³/mol. The molecular weight excluding hydrogens is 180 g/mol. The number of rotatable bonds is 2. The van der Waals surface area contributed by atoms with Crippen molar-refractivity contribution in [3.8, 4) is 0 Å². The Morgan fingerprint density at radius 3 is 2.79 bits per heavy atom. The topological polar surface area (TPSA) is 43.4 Å². The number of carbonyl (C=O) groups is 2. The Kier molecular flexibility index (Phi) is 3.29. The van der Waals surface area contributed by atoms with E-state index in [2.05, 4.69) is 0 Å². The predicted octanol–water partition coefficient (Wildman–Crippen LogP) is 1.94. The summed E-state index contributed by atoms with van der Waals surface area (Å²) in [4.78, 5) is 23.3. The van der Waals surface area contributed by atoms with Crippen LogP contribution < -0.4 is 0 Å². The SMILES string of the molecule is CCOC(=O)C1(C)CCC(C)CC1=O. The van der Waals surface area contributed by atoms with Crippen molar-refractivity contribution in [2.24, 2.45) is 11.3 Å². The van der Waals surface area contributed by atoms with Crippen molar-refractivity contribution in [3.63, 3.8) is 0 Å². The average molecular weight is 198 g/mol. The molecule has 0 saturated heterocycles. The van der Waals surface area contributed by atoms with E-state index in [9.17, 15) is 9.59 Å². The molecule has 0 aromatic heterocycles. The highest BCUT2D eigenvalue weighted by atomic mass is 16.5. The zero-order valence-electron chi connectivity index (χ0n) is 9.13. The first kappa shape index (κ1) is 11.2. The fourth-order valence-electron chi connectivity index (χ4n) is 1.82. The smallest absolute Gasteiger partial charge is 0.319 e. The Hall–Kier alpha value is -0.860. The number of hydrogen-bond acceptors (Lipinski definition) is 3. The number of hydrogen-bond donors (Lipinski definition) is 0. The fraction of sp³-hybridized carbons (Fsp3) is 0.818. The first-order chi connectivity index (χ1) is 6.50. The van der Waals surface area contributed by atoms with Gasteiger partial charge in [0.25, 0.3) is 0 Å². The molecule has 0 spiro atoms. The van der Waals surface area contributed by atoms with E-state index in [-0.39, 0.29) is 11.8 Å². The molecule has 1 rings (SSSR count). The normalized spacial score (nSPS) is 32.8. The van der Waals surface area contributed by atoms with Crippen LogP contribution in [0.3, 0.4) is 0 Å². The maximum absolute atomic E-state index is 11.7. The zero-order chi connectivity index (χ0) is 10.8. The highest BCUT2D eigenvalue weighted by molar-refractivity contribution is 6.03. The van der Waals surface area contributed by atoms with Crippen molar-refractivity contribution in [2.45, 2.75) is 40.0 Å². The summed E-state index contributed by atoms with van der Waals surface area (Å²) in [5.41, 5.74) is -0.872. The van der Waals surface area contributed by atoms with E-state index in [1.165, 1.54) is 0 Å². The lowest BCUT2D eigenvalue weighted by Gasteiger charge is -2.32. The monoisotopic (exact) mass is 198 g/mol. The van der Waals surface area contributed by atoms with Gasteiger partial charge in [0.2, 0.25) is 0 Å². The van der Waals surface area contributed by atoms with Gasteiger partial charge in [0, 0.05) is 6.42 Å². The van der Waals surface area contributed by atoms with Gasteiger partial charge < -0.3 is 4.74 Å². The van der Waals surface area contributed by atoms with Gasteiger partial charge in [-0.1, -0.05) is 6.92 Å². The van der Waals surface area contributed by atoms with Gasteiger partial charge in [-0.15, -0.1) is 0 Å². The van der Waals surface area contributed by atoms with Crippen LogP contribution in [0, 0.1) is 11.3 Å². The van der Waals surface area contributed by atoms with Crippen molar-refractivity contribution in [3.05, 3.63) is 0 Å². The minimum atomic E-state index is -0.872. The maximum Gasteiger partial charge on any atom is 0.319 e. The van der Waals surface area contributed by atoms with Crippen LogP contribution in [-0.4, -0.2) is 18.4 Å². The van der Waals surface area contributed by atoms with Crippen LogP contribution in [0.4, 0.5) is 0 Å². The lowest BCUT2D eigenvalue weighted by molar-refractivity contribution is -0.161. The third kappa shape index (κ3) is 1.97. The number of ether oxygens (including phenoxy) is 1. The molecule has 1 aliphatic carbocycles. The van der Waals surface area contributed by atoms with E-state index in [0.717, 1.165) is 6.42 Å². The Bertz CT molecular complexity index is 237. The van der Waals surface area contributed by atoms with Gasteiger partial charge in [-0.3, -0.25) is 9.59 Å². The average Bonchev–Trinajstić information content (AvgIpc) is 2.12. The summed E-state index contributed by atoms with van der Waals surface area (Å²) in [6.45, 7) is 5.86. The summed E-state index contributed by atoms with van der Waals surface area (Å²) in [6, 6.07) is 0. The summed E-state index contributed by atoms with van der Waals surface area (Å²) in [5, 5.41) is 0. The minimum absolute atomic E-state index is 0.0368. The first-order valence-corrected chi connectivity index (χ1v) is 5.21. The number of ketones is 1. The summed E-state index contributed by atoms with van der Waals surface area (Å²) < 4.78 is 4.93. The second-order valence-corrected chi connectivity index (χ2v) is 4.32. The molecule has 80 valence electrons. The molecule has 0 amide bonds. The molecule has 0 heterocycles. The second kappa shape index (κ2) is 4.11. The molecule has 3 nitrogen and oxygen atoms in total. The van der Waals surface area contributed by atoms with E-state index in [4.69, 9.17) is 4.74 Å². The Morgan fingerprint density at radius 1 is 1.64 bits per heavy atom. The van der Waals surface area contributed by atoms with E-state index in [1.54, 1.807) is 13.8 Å². The van der Waals surface area contributed by atoms with Crippen LogP contribution in [0.5, 0.6) is 0 Å². The van der Waals surface area contributed by atoms with Crippen LogP contribution >= 0.6 is 0 Å². The summed E-state index contributed by atoms with van der Waals surface area (Å²) in [7, 11) is 0. The highest BCUT2D eigenvalue weighted by Gasteiger charge is 2.44. The number of carbonyl (C=O) groups excluding carboxylic acids is 2. The van der Waals surface area contributed by atoms with Crippen molar-refractivity contribution in [1.82, 2.24) is 0 Å². The Labute approximate surface area is 84.8 Å². The van der Waals surface area contributed by atoms with Gasteiger partial charge in [0.05, 0.1) is 6.61 Å². The molecule has 1 saturated carbocycles. The van der Waals surface area contributed by atoms with E-state index >= 15 is 0 Å². The highest BCUT2D eigenvalue weighted by Crippen LogP contribution is 2.36. The molecule has 0 radical (unpaired) electrons. The van der Waals surface area contributed by atoms with Crippen molar-refractivity contribution in [1.29, 1.82) is 0 Å². The zero-order valence-corrected chi connectivity index (χ0v) is 9.13. The van der Waals surface area contributed by atoms with E-state index < -0.39 is 5.41 Å². The lowest BCUT2D eigenvalue weighted by atomic mass is 9.71. The molecule has 0 N–H and O–H groups in total. The van der Waals surface area contributed by atoms with Crippen LogP contribution in [0.25, 0.3) is 0 Å². The molecule has 1 aliphatic rings. The molecule has 2 atom stereocenters. The third-order valence-corrected chi connectivity index (χ3v) is 3.01. The van der Waals surface area contributed by atoms with Gasteiger partial charge in [-0.25, -0.2) is 0 Å². The number of Topliss-reactive ketones (excluding diaryl/α,β-unsaturated/α-hetero) is 1. The fourth-order valence-corrected chi connectivity index (χ4v) is 1.82. The number of esters is 1. The molecule has 0 bridgehead atoms. The molecule has 3 heteroatoms. The molecule has 0 aliphatic heterocycles. The van der Waals surface area contributed by atoms with Gasteiger partial charge in [0.15, 0.2) is 0 Å². The van der Waals surface area contributed by atoms with Crippen LogP contribution in [0.2, 0.25) is 0 Å². The standard InChI is InChI=1S/C11H18O3/c1-4-14-10(13)11(3)6-5-8(2)7-9(11)12/h8H,4-7H2,1-3H3. The summed E-state index contributed by atoms with van der Waals surface area (Å²) >= 11 is 0. The molecule has 2 unspecified atom stereocenters. The van der Waals surface area contributed by atoms with E-state index in [1.807, 2.05) is 6.92 Å². The third-order valence-electron chi connectivity index (χ3n) is 3.01. The van der Waals surface area contributed by atoms with Crippen LogP contribution in [0.1, 0.15) is 40.0 Å². The Balaban J connectivity index is 2.73. The molecule has 1 fully saturated rings. The molecule has 0 aromatic rings. The van der Waals surface area contributed by atoms with Crippen molar-refractivity contribution < 1.29 is 14.3 Å². The maximum atomic E-state index is 11.7. The van der Waals surface area contributed by atoms with Crippen LogP contribution in [0.15, 0.2) is 0 Å². The quantitative estimate of drug-likeness (QED) is 0.503. The van der Waals surface area contributed by atoms with Crippen molar-refractivity contribution in [2.75, 3.05) is 6.61 Å². The molecule has 14 heavy (non-hydrogen) atoms. The van der Waals surface area contributed by atoms with Gasteiger partial charge >= 0.3 is 5.97 Å². The molecule has 0 aromatic carbocycles. The summed E-state index contributed by atoms with van der Waals surface area (Å²) in [5.74, 6) is 0.0941. The van der Waals surface area contributed by atoms with Gasteiger partial charge in [-0.05, 0) is 32.6 Å². The largest absolute Gasteiger partial charge is 0.465 e.